The van der Waals surface area contributed by atoms with E-state index in [0.717, 1.165) is 43.8 Å². The fourth-order valence-electron chi connectivity index (χ4n) is 5.31. The average Bonchev–Trinajstić information content (AvgIpc) is 3.31. The molecule has 1 N–H and O–H groups in total. The minimum atomic E-state index is 0.942. The van der Waals surface area contributed by atoms with Crippen molar-refractivity contribution in [2.75, 3.05) is 38.1 Å². The fourth-order valence-corrected chi connectivity index (χ4v) is 5.31. The first-order valence-corrected chi connectivity index (χ1v) is 12.9. The van der Waals surface area contributed by atoms with E-state index in [1.807, 2.05) is 6.20 Å². The molecule has 3 heterocycles. The molecule has 6 rings (SSSR count). The Morgan fingerprint density at radius 3 is 2.39 bits per heavy atom. The minimum Gasteiger partial charge on any atom is -0.369 e. The second-order valence-electron chi connectivity index (χ2n) is 9.74. The first kappa shape index (κ1) is 22.6. The van der Waals surface area contributed by atoms with Crippen molar-refractivity contribution in [3.63, 3.8) is 0 Å². The van der Waals surface area contributed by atoms with E-state index in [0.29, 0.717) is 0 Å². The quantitative estimate of drug-likeness (QED) is 0.297. The molecule has 1 saturated heterocycles. The number of fused-ring (bicyclic) bond motifs is 3. The molecule has 0 saturated carbocycles. The minimum absolute atomic E-state index is 0.942. The number of anilines is 1. The largest absolute Gasteiger partial charge is 0.369 e. The number of H-pyrrole nitrogens is 1. The summed E-state index contributed by atoms with van der Waals surface area (Å²) in [7, 11) is 2.20. The van der Waals surface area contributed by atoms with Gasteiger partial charge in [0.25, 0.3) is 0 Å². The normalized spacial score (nSPS) is 15.2. The molecule has 0 radical (unpaired) electrons. The van der Waals surface area contributed by atoms with Crippen molar-refractivity contribution in [3.8, 4) is 11.1 Å². The van der Waals surface area contributed by atoms with Gasteiger partial charge in [-0.1, -0.05) is 61.5 Å². The third kappa shape index (κ3) is 4.29. The molecule has 4 heteroatoms. The van der Waals surface area contributed by atoms with Crippen LogP contribution < -0.4 is 4.90 Å². The molecular weight excluding hydrogens is 440 g/mol. The maximum Gasteiger partial charge on any atom is 0.138 e. The Kier molecular flexibility index (Phi) is 6.04. The standard InChI is InChI=1S/C32H32N4/c1-3-24(21-23-7-5-4-6-8-23)28-15-16-33-32-31(28)29-22-26(11-14-30(29)34-32)25-9-12-27(13-10-25)36-19-17-35(2)18-20-36/h4-16,21-22H,3,17-20H2,1-2H3,(H,33,34). The summed E-state index contributed by atoms with van der Waals surface area (Å²) in [5.74, 6) is 0. The number of benzene rings is 3. The van der Waals surface area contributed by atoms with E-state index in [-0.39, 0.29) is 0 Å². The van der Waals surface area contributed by atoms with Gasteiger partial charge in [0.2, 0.25) is 0 Å². The zero-order chi connectivity index (χ0) is 24.5. The Morgan fingerprint density at radius 2 is 1.64 bits per heavy atom. The predicted octanol–water partition coefficient (Wildman–Crippen LogP) is 7.09. The van der Waals surface area contributed by atoms with Gasteiger partial charge in [-0.3, -0.25) is 0 Å². The van der Waals surface area contributed by atoms with Crippen molar-refractivity contribution < 1.29 is 0 Å². The zero-order valence-electron chi connectivity index (χ0n) is 21.0. The van der Waals surface area contributed by atoms with Crippen molar-refractivity contribution >= 4 is 39.3 Å². The van der Waals surface area contributed by atoms with Gasteiger partial charge in [0, 0.05) is 54.4 Å². The number of pyridine rings is 1. The molecule has 36 heavy (non-hydrogen) atoms. The summed E-state index contributed by atoms with van der Waals surface area (Å²) in [5, 5.41) is 2.42. The van der Waals surface area contributed by atoms with Gasteiger partial charge in [-0.2, -0.15) is 0 Å². The molecule has 3 aromatic carbocycles. The van der Waals surface area contributed by atoms with Crippen LogP contribution in [0.3, 0.4) is 0 Å². The second kappa shape index (κ2) is 9.63. The van der Waals surface area contributed by atoms with Crippen LogP contribution in [0.5, 0.6) is 0 Å². The van der Waals surface area contributed by atoms with E-state index in [9.17, 15) is 0 Å². The Morgan fingerprint density at radius 1 is 0.889 bits per heavy atom. The maximum atomic E-state index is 4.68. The van der Waals surface area contributed by atoms with E-state index in [2.05, 4.69) is 119 Å². The third-order valence-corrected chi connectivity index (χ3v) is 7.43. The molecule has 5 aromatic rings. The van der Waals surface area contributed by atoms with Gasteiger partial charge < -0.3 is 14.8 Å². The molecule has 0 bridgehead atoms. The van der Waals surface area contributed by atoms with Crippen LogP contribution in [0.1, 0.15) is 24.5 Å². The number of likely N-dealkylation sites (N-methyl/N-ethyl adjacent to an activating group) is 1. The number of nitrogens with zero attached hydrogens (tertiary/aromatic N) is 3. The SMILES string of the molecule is CCC(=Cc1ccccc1)c1ccnc2[nH]c3ccc(-c4ccc(N5CCN(C)CC5)cc4)cc3c12. The van der Waals surface area contributed by atoms with Crippen LogP contribution in [-0.2, 0) is 0 Å². The summed E-state index contributed by atoms with van der Waals surface area (Å²) in [6, 6.07) is 28.5. The summed E-state index contributed by atoms with van der Waals surface area (Å²) in [6.45, 7) is 6.64. The molecule has 1 aliphatic rings. The first-order valence-electron chi connectivity index (χ1n) is 12.9. The lowest BCUT2D eigenvalue weighted by molar-refractivity contribution is 0.313. The smallest absolute Gasteiger partial charge is 0.138 e. The lowest BCUT2D eigenvalue weighted by atomic mass is 9.96. The van der Waals surface area contributed by atoms with Crippen molar-refractivity contribution in [1.82, 2.24) is 14.9 Å². The van der Waals surface area contributed by atoms with E-state index in [1.165, 1.54) is 44.3 Å². The summed E-state index contributed by atoms with van der Waals surface area (Å²) in [6.07, 6.45) is 5.17. The van der Waals surface area contributed by atoms with Crippen molar-refractivity contribution in [1.29, 1.82) is 0 Å². The Bertz CT molecular complexity index is 1520. The molecule has 4 nitrogen and oxygen atoms in total. The summed E-state index contributed by atoms with van der Waals surface area (Å²) in [4.78, 5) is 13.1. The molecule has 180 valence electrons. The van der Waals surface area contributed by atoms with Crippen LogP contribution in [0.4, 0.5) is 5.69 Å². The van der Waals surface area contributed by atoms with Gasteiger partial charge in [-0.05, 0) is 71.6 Å². The first-order chi connectivity index (χ1) is 17.7. The number of allylic oxidation sites excluding steroid dienone is 1. The number of nitrogens with one attached hydrogen (secondary N) is 1. The van der Waals surface area contributed by atoms with Gasteiger partial charge in [0.05, 0.1) is 0 Å². The molecule has 0 atom stereocenters. The molecule has 0 aliphatic carbocycles. The third-order valence-electron chi connectivity index (χ3n) is 7.43. The fraction of sp³-hybridized carbons (Fsp3) is 0.219. The van der Waals surface area contributed by atoms with Crippen LogP contribution in [0, 0.1) is 0 Å². The van der Waals surface area contributed by atoms with Crippen molar-refractivity contribution in [2.45, 2.75) is 13.3 Å². The molecule has 1 aliphatic heterocycles. The van der Waals surface area contributed by atoms with Gasteiger partial charge in [-0.25, -0.2) is 4.98 Å². The molecule has 2 aromatic heterocycles. The average molecular weight is 473 g/mol. The lowest BCUT2D eigenvalue weighted by Crippen LogP contribution is -2.44. The molecule has 0 unspecified atom stereocenters. The highest BCUT2D eigenvalue weighted by Gasteiger charge is 2.16. The maximum absolute atomic E-state index is 4.68. The molecule has 0 spiro atoms. The lowest BCUT2D eigenvalue weighted by Gasteiger charge is -2.34. The Labute approximate surface area is 212 Å². The number of hydrogen-bond donors (Lipinski definition) is 1. The van der Waals surface area contributed by atoms with Gasteiger partial charge >= 0.3 is 0 Å². The van der Waals surface area contributed by atoms with E-state index in [4.69, 9.17) is 0 Å². The van der Waals surface area contributed by atoms with E-state index in [1.54, 1.807) is 0 Å². The predicted molar refractivity (Wildman–Crippen MR) is 153 cm³/mol. The monoisotopic (exact) mass is 472 g/mol. The number of hydrogen-bond acceptors (Lipinski definition) is 3. The zero-order valence-corrected chi connectivity index (χ0v) is 21.0. The number of rotatable bonds is 5. The molecular formula is C32H32N4. The topological polar surface area (TPSA) is 35.2 Å². The van der Waals surface area contributed by atoms with Crippen LogP contribution >= 0.6 is 0 Å². The van der Waals surface area contributed by atoms with Crippen molar-refractivity contribution in [3.05, 3.63) is 96.2 Å². The van der Waals surface area contributed by atoms with E-state index < -0.39 is 0 Å². The van der Waals surface area contributed by atoms with Gasteiger partial charge in [0.15, 0.2) is 0 Å². The summed E-state index contributed by atoms with van der Waals surface area (Å²) >= 11 is 0. The van der Waals surface area contributed by atoms with E-state index >= 15 is 0 Å². The highest BCUT2D eigenvalue weighted by molar-refractivity contribution is 6.12. The van der Waals surface area contributed by atoms with Crippen LogP contribution in [-0.4, -0.2) is 48.1 Å². The highest BCUT2D eigenvalue weighted by atomic mass is 15.2. The summed E-state index contributed by atoms with van der Waals surface area (Å²) in [5.41, 5.74) is 9.63. The van der Waals surface area contributed by atoms with Gasteiger partial charge in [-0.15, -0.1) is 0 Å². The van der Waals surface area contributed by atoms with Gasteiger partial charge in [0.1, 0.15) is 5.65 Å². The van der Waals surface area contributed by atoms with Crippen molar-refractivity contribution in [2.24, 2.45) is 0 Å². The summed E-state index contributed by atoms with van der Waals surface area (Å²) < 4.78 is 0. The Balaban J connectivity index is 1.40. The second-order valence-corrected chi connectivity index (χ2v) is 9.74. The van der Waals surface area contributed by atoms with Crippen LogP contribution in [0.15, 0.2) is 85.1 Å². The van der Waals surface area contributed by atoms with Crippen LogP contribution in [0.2, 0.25) is 0 Å². The highest BCUT2D eigenvalue weighted by Crippen LogP contribution is 2.35. The molecule has 1 fully saturated rings. The Hall–Kier alpha value is -3.89. The number of aromatic nitrogens is 2. The number of piperazine rings is 1. The molecule has 0 amide bonds. The number of aromatic amines is 1. The van der Waals surface area contributed by atoms with Crippen LogP contribution in [0.25, 0.3) is 44.7 Å².